The van der Waals surface area contributed by atoms with E-state index in [0.29, 0.717) is 16.3 Å². The van der Waals surface area contributed by atoms with E-state index in [1.54, 1.807) is 0 Å². The zero-order valence-electron chi connectivity index (χ0n) is 18.2. The quantitative estimate of drug-likeness (QED) is 0.540. The number of carbonyl (C=O) groups is 2. The Morgan fingerprint density at radius 2 is 1.84 bits per heavy atom. The molecule has 0 aliphatic carbocycles. The summed E-state index contributed by atoms with van der Waals surface area (Å²) in [6, 6.07) is 17.9. The highest BCUT2D eigenvalue weighted by molar-refractivity contribution is 7.17. The van der Waals surface area contributed by atoms with Crippen molar-refractivity contribution in [1.29, 1.82) is 0 Å². The number of anilines is 1. The zero-order chi connectivity index (χ0) is 22.5. The lowest BCUT2D eigenvalue weighted by molar-refractivity contribution is -0.118. The fraction of sp³-hybridized carbons (Fsp3) is 0.280. The Kier molecular flexibility index (Phi) is 6.87. The van der Waals surface area contributed by atoms with E-state index in [9.17, 15) is 9.59 Å². The van der Waals surface area contributed by atoms with Crippen LogP contribution in [0.5, 0.6) is 5.75 Å². The molecule has 0 radical (unpaired) electrons. The number of ether oxygens (including phenoxy) is 2. The van der Waals surface area contributed by atoms with Gasteiger partial charge in [-0.1, -0.05) is 48.5 Å². The fourth-order valence-electron chi connectivity index (χ4n) is 3.86. The number of rotatable bonds is 7. The molecule has 0 fully saturated rings. The van der Waals surface area contributed by atoms with E-state index in [0.717, 1.165) is 42.1 Å². The number of benzene rings is 2. The molecule has 2 aromatic carbocycles. The van der Waals surface area contributed by atoms with Crippen LogP contribution in [0.3, 0.4) is 0 Å². The Hall–Kier alpha value is -3.16. The average Bonchev–Trinajstić information content (AvgIpc) is 3.15. The zero-order valence-corrected chi connectivity index (χ0v) is 19.0. The van der Waals surface area contributed by atoms with Gasteiger partial charge in [-0.2, -0.15) is 0 Å². The highest BCUT2D eigenvalue weighted by Crippen LogP contribution is 2.38. The fourth-order valence-corrected chi connectivity index (χ4v) is 5.16. The normalized spacial score (nSPS) is 13.3. The van der Waals surface area contributed by atoms with Gasteiger partial charge in [0, 0.05) is 24.5 Å². The summed E-state index contributed by atoms with van der Waals surface area (Å²) in [6.45, 7) is 4.21. The molecule has 1 amide bonds. The Morgan fingerprint density at radius 3 is 2.59 bits per heavy atom. The summed E-state index contributed by atoms with van der Waals surface area (Å²) < 4.78 is 10.7. The molecule has 2 heterocycles. The number of esters is 1. The predicted molar refractivity (Wildman–Crippen MR) is 125 cm³/mol. The molecule has 0 saturated carbocycles. The maximum Gasteiger partial charge on any atom is 0.341 e. The smallest absolute Gasteiger partial charge is 0.341 e. The Morgan fingerprint density at radius 1 is 1.09 bits per heavy atom. The second-order valence-corrected chi connectivity index (χ2v) is 8.85. The van der Waals surface area contributed by atoms with Crippen LogP contribution in [0.25, 0.3) is 0 Å². The Labute approximate surface area is 191 Å². The number of hydrogen-bond acceptors (Lipinski definition) is 6. The van der Waals surface area contributed by atoms with Gasteiger partial charge in [0.1, 0.15) is 10.8 Å². The number of aryl methyl sites for hydroxylation is 1. The van der Waals surface area contributed by atoms with Gasteiger partial charge in [0.2, 0.25) is 0 Å². The van der Waals surface area contributed by atoms with Crippen molar-refractivity contribution in [3.63, 3.8) is 0 Å². The van der Waals surface area contributed by atoms with E-state index in [-0.39, 0.29) is 12.5 Å². The molecule has 0 unspecified atom stereocenters. The van der Waals surface area contributed by atoms with Crippen LogP contribution in [0.15, 0.2) is 54.6 Å². The van der Waals surface area contributed by atoms with E-state index in [1.165, 1.54) is 24.0 Å². The van der Waals surface area contributed by atoms with Crippen LogP contribution in [0, 0.1) is 6.92 Å². The molecule has 1 aliphatic rings. The molecule has 6 nitrogen and oxygen atoms in total. The molecule has 0 spiro atoms. The summed E-state index contributed by atoms with van der Waals surface area (Å²) in [4.78, 5) is 28.6. The van der Waals surface area contributed by atoms with Crippen LogP contribution in [-0.4, -0.2) is 37.0 Å². The number of amides is 1. The summed E-state index contributed by atoms with van der Waals surface area (Å²) in [5, 5.41) is 3.40. The maximum absolute atomic E-state index is 12.6. The van der Waals surface area contributed by atoms with Crippen molar-refractivity contribution in [2.24, 2.45) is 0 Å². The summed E-state index contributed by atoms with van der Waals surface area (Å²) in [7, 11) is 1.36. The van der Waals surface area contributed by atoms with Crippen molar-refractivity contribution >= 4 is 28.2 Å². The van der Waals surface area contributed by atoms with Crippen molar-refractivity contribution in [2.75, 3.05) is 25.6 Å². The van der Waals surface area contributed by atoms with Crippen LogP contribution in [0.4, 0.5) is 5.00 Å². The number of thiophene rings is 1. The standard InChI is InChI=1S/C25H26N2O4S/c1-17-8-6-7-11-20(17)31-16-22(28)26-24-23(25(29)30-2)19-12-13-27(15-21(19)32-24)14-18-9-4-3-5-10-18/h3-11H,12-16H2,1-2H3,(H,26,28). The number of para-hydroxylation sites is 1. The van der Waals surface area contributed by atoms with E-state index in [1.807, 2.05) is 49.4 Å². The summed E-state index contributed by atoms with van der Waals surface area (Å²) in [6.07, 6.45) is 0.735. The molecule has 1 aromatic heterocycles. The molecular formula is C25H26N2O4S. The third kappa shape index (κ3) is 5.00. The lowest BCUT2D eigenvalue weighted by Crippen LogP contribution is -2.29. The van der Waals surface area contributed by atoms with Crippen LogP contribution in [0.2, 0.25) is 0 Å². The molecule has 0 atom stereocenters. The predicted octanol–water partition coefficient (Wildman–Crippen LogP) is 4.42. The Bertz CT molecular complexity index is 1110. The summed E-state index contributed by atoms with van der Waals surface area (Å²) in [5.74, 6) is -0.0647. The molecule has 166 valence electrons. The van der Waals surface area contributed by atoms with Gasteiger partial charge in [0.15, 0.2) is 6.61 Å². The van der Waals surface area contributed by atoms with Crippen LogP contribution < -0.4 is 10.1 Å². The molecule has 3 aromatic rings. The van der Waals surface area contributed by atoms with Crippen LogP contribution >= 0.6 is 11.3 Å². The molecule has 0 bridgehead atoms. The number of nitrogens with zero attached hydrogens (tertiary/aromatic N) is 1. The SMILES string of the molecule is COC(=O)c1c(NC(=O)COc2ccccc2C)sc2c1CCN(Cc1ccccc1)C2. The van der Waals surface area contributed by atoms with Gasteiger partial charge >= 0.3 is 5.97 Å². The third-order valence-electron chi connectivity index (χ3n) is 5.48. The first-order valence-corrected chi connectivity index (χ1v) is 11.3. The number of hydrogen-bond donors (Lipinski definition) is 1. The average molecular weight is 451 g/mol. The van der Waals surface area contributed by atoms with Crippen molar-refractivity contribution in [3.05, 3.63) is 81.7 Å². The largest absolute Gasteiger partial charge is 0.483 e. The van der Waals surface area contributed by atoms with Crippen molar-refractivity contribution in [2.45, 2.75) is 26.4 Å². The first-order chi connectivity index (χ1) is 15.5. The van der Waals surface area contributed by atoms with Gasteiger partial charge in [0.05, 0.1) is 12.7 Å². The molecule has 4 rings (SSSR count). The van der Waals surface area contributed by atoms with Gasteiger partial charge in [-0.05, 0) is 36.1 Å². The summed E-state index contributed by atoms with van der Waals surface area (Å²) >= 11 is 1.44. The number of carbonyl (C=O) groups excluding carboxylic acids is 2. The maximum atomic E-state index is 12.6. The monoisotopic (exact) mass is 450 g/mol. The van der Waals surface area contributed by atoms with Gasteiger partial charge in [0.25, 0.3) is 5.91 Å². The molecule has 1 aliphatic heterocycles. The van der Waals surface area contributed by atoms with E-state index in [2.05, 4.69) is 22.3 Å². The van der Waals surface area contributed by atoms with Gasteiger partial charge in [-0.15, -0.1) is 11.3 Å². The first-order valence-electron chi connectivity index (χ1n) is 10.5. The van der Waals surface area contributed by atoms with Gasteiger partial charge in [-0.3, -0.25) is 9.69 Å². The van der Waals surface area contributed by atoms with Gasteiger partial charge < -0.3 is 14.8 Å². The number of fused-ring (bicyclic) bond motifs is 1. The molecular weight excluding hydrogens is 424 g/mol. The Balaban J connectivity index is 1.48. The second-order valence-electron chi connectivity index (χ2n) is 7.75. The van der Waals surface area contributed by atoms with Crippen molar-refractivity contribution < 1.29 is 19.1 Å². The number of methoxy groups -OCH3 is 1. The minimum atomic E-state index is -0.422. The van der Waals surface area contributed by atoms with E-state index >= 15 is 0 Å². The molecule has 32 heavy (non-hydrogen) atoms. The third-order valence-corrected chi connectivity index (χ3v) is 6.61. The highest BCUT2D eigenvalue weighted by Gasteiger charge is 2.29. The molecule has 0 saturated heterocycles. The minimum absolute atomic E-state index is 0.131. The summed E-state index contributed by atoms with van der Waals surface area (Å²) in [5.41, 5.74) is 3.65. The van der Waals surface area contributed by atoms with Gasteiger partial charge in [-0.25, -0.2) is 4.79 Å². The molecule has 1 N–H and O–H groups in total. The topological polar surface area (TPSA) is 67.9 Å². The van der Waals surface area contributed by atoms with Crippen molar-refractivity contribution in [1.82, 2.24) is 4.90 Å². The lowest BCUT2D eigenvalue weighted by atomic mass is 10.0. The lowest BCUT2D eigenvalue weighted by Gasteiger charge is -2.27. The number of nitrogens with one attached hydrogen (secondary N) is 1. The van der Waals surface area contributed by atoms with Crippen molar-refractivity contribution in [3.8, 4) is 5.75 Å². The van der Waals surface area contributed by atoms with Crippen LogP contribution in [0.1, 0.15) is 31.9 Å². The molecule has 7 heteroatoms. The minimum Gasteiger partial charge on any atom is -0.483 e. The van der Waals surface area contributed by atoms with E-state index < -0.39 is 5.97 Å². The van der Waals surface area contributed by atoms with E-state index in [4.69, 9.17) is 9.47 Å². The van der Waals surface area contributed by atoms with Crippen LogP contribution in [-0.2, 0) is 29.0 Å². The first kappa shape index (κ1) is 22.0. The second kappa shape index (κ2) is 9.97. The highest BCUT2D eigenvalue weighted by atomic mass is 32.1.